The second-order valence-electron chi connectivity index (χ2n) is 8.67. The van der Waals surface area contributed by atoms with Crippen molar-refractivity contribution in [3.05, 3.63) is 88.9 Å². The maximum Gasteiger partial charge on any atom is 0.303 e. The number of rotatable bonds is 12. The van der Waals surface area contributed by atoms with Gasteiger partial charge in [0.1, 0.15) is 5.82 Å². The van der Waals surface area contributed by atoms with Crippen molar-refractivity contribution < 1.29 is 23.2 Å². The van der Waals surface area contributed by atoms with E-state index in [0.717, 1.165) is 22.4 Å². The minimum atomic E-state index is -4.11. The second kappa shape index (κ2) is 11.3. The summed E-state index contributed by atoms with van der Waals surface area (Å²) in [6.07, 6.45) is 3.66. The van der Waals surface area contributed by atoms with Crippen LogP contribution in [-0.2, 0) is 14.8 Å². The SMILES string of the molecule is O=C(O)CCCCC[C@H](NS(=O)(=O)c1cccc([N+](=O)[O-])c1)c1ncc(-c2ccc3ccccc3c2)[nH]1. The van der Waals surface area contributed by atoms with Gasteiger partial charge in [0, 0.05) is 24.1 Å². The molecule has 4 aromatic rings. The molecule has 3 N–H and O–H groups in total. The van der Waals surface area contributed by atoms with E-state index in [0.29, 0.717) is 37.2 Å². The average molecular weight is 523 g/mol. The summed E-state index contributed by atoms with van der Waals surface area (Å²) in [5.74, 6) is -0.482. The Morgan fingerprint density at radius 3 is 2.57 bits per heavy atom. The molecule has 0 unspecified atom stereocenters. The molecule has 0 aliphatic rings. The summed E-state index contributed by atoms with van der Waals surface area (Å²) in [7, 11) is -4.11. The van der Waals surface area contributed by atoms with Crippen molar-refractivity contribution in [2.45, 2.75) is 43.0 Å². The molecule has 0 spiro atoms. The van der Waals surface area contributed by atoms with Crippen LogP contribution in [0.15, 0.2) is 77.8 Å². The molecule has 0 amide bonds. The molecule has 37 heavy (non-hydrogen) atoms. The van der Waals surface area contributed by atoms with Gasteiger partial charge in [-0.05, 0) is 35.7 Å². The van der Waals surface area contributed by atoms with Gasteiger partial charge < -0.3 is 10.1 Å². The predicted octanol–water partition coefficient (Wildman–Crippen LogP) is 5.19. The van der Waals surface area contributed by atoms with E-state index < -0.39 is 27.0 Å². The van der Waals surface area contributed by atoms with Gasteiger partial charge in [0.25, 0.3) is 5.69 Å². The molecule has 0 radical (unpaired) electrons. The van der Waals surface area contributed by atoms with Crippen LogP contribution in [0.4, 0.5) is 5.69 Å². The molecule has 0 aliphatic heterocycles. The maximum absolute atomic E-state index is 13.1. The van der Waals surface area contributed by atoms with Crippen molar-refractivity contribution in [2.24, 2.45) is 0 Å². The lowest BCUT2D eigenvalue weighted by molar-refractivity contribution is -0.385. The molecule has 1 atom stereocenters. The number of hydrogen-bond donors (Lipinski definition) is 3. The largest absolute Gasteiger partial charge is 0.481 e. The summed E-state index contributed by atoms with van der Waals surface area (Å²) in [5, 5.41) is 22.1. The van der Waals surface area contributed by atoms with Gasteiger partial charge in [0.2, 0.25) is 10.0 Å². The number of aliphatic carboxylic acids is 1. The van der Waals surface area contributed by atoms with E-state index in [1.54, 1.807) is 6.20 Å². The molecular formula is C26H26N4O6S. The van der Waals surface area contributed by atoms with Gasteiger partial charge in [-0.1, -0.05) is 55.3 Å². The molecule has 0 bridgehead atoms. The third-order valence-electron chi connectivity index (χ3n) is 6.01. The quantitative estimate of drug-likeness (QED) is 0.131. The minimum absolute atomic E-state index is 0.0386. The fraction of sp³-hybridized carbons (Fsp3) is 0.231. The highest BCUT2D eigenvalue weighted by Gasteiger charge is 2.25. The summed E-state index contributed by atoms with van der Waals surface area (Å²) in [6.45, 7) is 0. The van der Waals surface area contributed by atoms with Crippen molar-refractivity contribution in [3.63, 3.8) is 0 Å². The first-order valence-electron chi connectivity index (χ1n) is 11.8. The number of unbranched alkanes of at least 4 members (excludes halogenated alkanes) is 2. The lowest BCUT2D eigenvalue weighted by atomic mass is 10.1. The third-order valence-corrected chi connectivity index (χ3v) is 7.47. The molecule has 1 aromatic heterocycles. The van der Waals surface area contributed by atoms with Crippen LogP contribution >= 0.6 is 0 Å². The number of nitro benzene ring substituents is 1. The Kier molecular flexibility index (Phi) is 7.95. The lowest BCUT2D eigenvalue weighted by Gasteiger charge is -2.17. The van der Waals surface area contributed by atoms with Gasteiger partial charge in [-0.15, -0.1) is 0 Å². The summed E-state index contributed by atoms with van der Waals surface area (Å²) in [4.78, 5) is 28.7. The van der Waals surface area contributed by atoms with Crippen molar-refractivity contribution in [1.82, 2.24) is 14.7 Å². The van der Waals surface area contributed by atoms with E-state index in [4.69, 9.17) is 5.11 Å². The number of sulfonamides is 1. The van der Waals surface area contributed by atoms with Crippen LogP contribution in [0.3, 0.4) is 0 Å². The number of aromatic amines is 1. The normalized spacial score (nSPS) is 12.4. The number of carbonyl (C=O) groups is 1. The van der Waals surface area contributed by atoms with Crippen LogP contribution in [0.2, 0.25) is 0 Å². The number of non-ortho nitro benzene ring substituents is 1. The highest BCUT2D eigenvalue weighted by atomic mass is 32.2. The molecule has 0 fully saturated rings. The fourth-order valence-corrected chi connectivity index (χ4v) is 5.36. The number of nitrogens with one attached hydrogen (secondary N) is 2. The highest BCUT2D eigenvalue weighted by molar-refractivity contribution is 7.89. The zero-order valence-corrected chi connectivity index (χ0v) is 20.6. The first-order valence-corrected chi connectivity index (χ1v) is 13.2. The number of fused-ring (bicyclic) bond motifs is 1. The van der Waals surface area contributed by atoms with E-state index in [1.807, 2.05) is 42.5 Å². The van der Waals surface area contributed by atoms with Gasteiger partial charge in [-0.2, -0.15) is 0 Å². The Labute approximate surface area is 213 Å². The number of hydrogen-bond acceptors (Lipinski definition) is 6. The van der Waals surface area contributed by atoms with Gasteiger partial charge in [0.15, 0.2) is 0 Å². The van der Waals surface area contributed by atoms with Crippen molar-refractivity contribution in [3.8, 4) is 11.3 Å². The molecule has 0 aliphatic carbocycles. The number of carboxylic acid groups (broad SMARTS) is 1. The van der Waals surface area contributed by atoms with Crippen molar-refractivity contribution in [1.29, 1.82) is 0 Å². The Balaban J connectivity index is 1.59. The Bertz CT molecular complexity index is 1530. The number of carboxylic acids is 1. The summed E-state index contributed by atoms with van der Waals surface area (Å²) in [6, 6.07) is 18.0. The zero-order chi connectivity index (χ0) is 26.4. The number of imidazole rings is 1. The fourth-order valence-electron chi connectivity index (χ4n) is 4.09. The zero-order valence-electron chi connectivity index (χ0n) is 19.8. The molecule has 11 heteroatoms. The summed E-state index contributed by atoms with van der Waals surface area (Å²) in [5.41, 5.74) is 1.27. The molecular weight excluding hydrogens is 496 g/mol. The van der Waals surface area contributed by atoms with Crippen LogP contribution in [-0.4, -0.2) is 34.4 Å². The molecule has 3 aromatic carbocycles. The summed E-state index contributed by atoms with van der Waals surface area (Å²) < 4.78 is 28.9. The second-order valence-corrected chi connectivity index (χ2v) is 10.4. The predicted molar refractivity (Wildman–Crippen MR) is 138 cm³/mol. The Morgan fingerprint density at radius 1 is 1.03 bits per heavy atom. The standard InChI is InChI=1S/C26H26N4O6S/c31-25(32)12-3-1-2-11-23(29-37(35,36)22-10-6-9-21(16-22)30(33)34)26-27-17-24(28-26)20-14-13-18-7-4-5-8-19(18)15-20/h4-10,13-17,23,29H,1-3,11-12H2,(H,27,28)(H,31,32)/t23-/m0/s1. The van der Waals surface area contributed by atoms with E-state index in [1.165, 1.54) is 18.2 Å². The number of H-pyrrole nitrogens is 1. The molecule has 4 rings (SSSR count). The number of nitro groups is 1. The van der Waals surface area contributed by atoms with E-state index in [2.05, 4.69) is 14.7 Å². The average Bonchev–Trinajstić information content (AvgIpc) is 3.38. The van der Waals surface area contributed by atoms with E-state index in [9.17, 15) is 23.3 Å². The first-order chi connectivity index (χ1) is 17.7. The molecule has 0 saturated carbocycles. The van der Waals surface area contributed by atoms with Gasteiger partial charge >= 0.3 is 5.97 Å². The van der Waals surface area contributed by atoms with Gasteiger partial charge in [-0.25, -0.2) is 18.1 Å². The first kappa shape index (κ1) is 26.0. The maximum atomic E-state index is 13.1. The topological polar surface area (TPSA) is 155 Å². The molecule has 10 nitrogen and oxygen atoms in total. The van der Waals surface area contributed by atoms with Crippen molar-refractivity contribution >= 4 is 32.5 Å². The number of benzene rings is 3. The molecule has 0 saturated heterocycles. The summed E-state index contributed by atoms with van der Waals surface area (Å²) >= 11 is 0. The molecule has 1 heterocycles. The van der Waals surface area contributed by atoms with Crippen LogP contribution in [0.1, 0.15) is 44.0 Å². The van der Waals surface area contributed by atoms with Crippen LogP contribution in [0, 0.1) is 10.1 Å². The highest BCUT2D eigenvalue weighted by Crippen LogP contribution is 2.27. The van der Waals surface area contributed by atoms with E-state index in [-0.39, 0.29) is 17.0 Å². The smallest absolute Gasteiger partial charge is 0.303 e. The van der Waals surface area contributed by atoms with Crippen LogP contribution < -0.4 is 4.72 Å². The lowest BCUT2D eigenvalue weighted by Crippen LogP contribution is -2.29. The van der Waals surface area contributed by atoms with Gasteiger partial charge in [-0.3, -0.25) is 14.9 Å². The monoisotopic (exact) mass is 522 g/mol. The minimum Gasteiger partial charge on any atom is -0.481 e. The van der Waals surface area contributed by atoms with Crippen LogP contribution in [0.25, 0.3) is 22.0 Å². The van der Waals surface area contributed by atoms with Crippen LogP contribution in [0.5, 0.6) is 0 Å². The van der Waals surface area contributed by atoms with E-state index >= 15 is 0 Å². The van der Waals surface area contributed by atoms with Gasteiger partial charge in [0.05, 0.1) is 27.8 Å². The number of aromatic nitrogens is 2. The Morgan fingerprint density at radius 2 is 1.81 bits per heavy atom. The van der Waals surface area contributed by atoms with Crippen molar-refractivity contribution in [2.75, 3.05) is 0 Å². The number of nitrogens with zero attached hydrogens (tertiary/aromatic N) is 2. The molecule has 192 valence electrons. The third kappa shape index (κ3) is 6.57. The Hall–Kier alpha value is -4.09.